The highest BCUT2D eigenvalue weighted by atomic mass is 79.9. The maximum atomic E-state index is 12.4. The Hall–Kier alpha value is -1.86. The zero-order valence-corrected chi connectivity index (χ0v) is 12.6. The number of amides is 1. The van der Waals surface area contributed by atoms with E-state index in [1.54, 1.807) is 36.4 Å². The first-order chi connectivity index (χ1) is 9.49. The highest BCUT2D eigenvalue weighted by molar-refractivity contribution is 9.11. The van der Waals surface area contributed by atoms with E-state index in [1.807, 2.05) is 0 Å². The lowest BCUT2D eigenvalue weighted by Gasteiger charge is -2.21. The Morgan fingerprint density at radius 1 is 1.25 bits per heavy atom. The zero-order valence-electron chi connectivity index (χ0n) is 10.2. The minimum absolute atomic E-state index is 0.359. The van der Waals surface area contributed by atoms with Gasteiger partial charge in [0.25, 0.3) is 5.91 Å². The van der Waals surface area contributed by atoms with Gasteiger partial charge in [0.15, 0.2) is 0 Å². The third-order valence-corrected chi connectivity index (χ3v) is 4.16. The minimum Gasteiger partial charge on any atom is -0.480 e. The molecule has 7 heteroatoms. The molecular weight excluding hydrogens is 344 g/mol. The van der Waals surface area contributed by atoms with Crippen LogP contribution in [0.2, 0.25) is 0 Å². The predicted molar refractivity (Wildman–Crippen MR) is 82.2 cm³/mol. The van der Waals surface area contributed by atoms with Crippen LogP contribution in [0.3, 0.4) is 0 Å². The van der Waals surface area contributed by atoms with Crippen molar-refractivity contribution in [3.8, 4) is 0 Å². The molecule has 1 aromatic carbocycles. The summed E-state index contributed by atoms with van der Waals surface area (Å²) in [5.41, 5.74) is 6.58. The summed E-state index contributed by atoms with van der Waals surface area (Å²) in [6.45, 7) is -0.442. The Morgan fingerprint density at radius 3 is 2.50 bits per heavy atom. The van der Waals surface area contributed by atoms with Gasteiger partial charge < -0.3 is 10.8 Å². The Kier molecular flexibility index (Phi) is 4.41. The molecule has 2 rings (SSSR count). The van der Waals surface area contributed by atoms with Crippen LogP contribution in [0.15, 0.2) is 40.2 Å². The molecule has 20 heavy (non-hydrogen) atoms. The van der Waals surface area contributed by atoms with Crippen LogP contribution in [-0.2, 0) is 4.79 Å². The second-order valence-electron chi connectivity index (χ2n) is 3.95. The van der Waals surface area contributed by atoms with Crippen LogP contribution in [0.5, 0.6) is 0 Å². The molecule has 0 radical (unpaired) electrons. The molecule has 104 valence electrons. The van der Waals surface area contributed by atoms with E-state index in [0.29, 0.717) is 16.3 Å². The van der Waals surface area contributed by atoms with Crippen LogP contribution in [0, 0.1) is 0 Å². The summed E-state index contributed by atoms with van der Waals surface area (Å²) < 4.78 is 0.803. The number of hydrogen-bond donors (Lipinski definition) is 2. The van der Waals surface area contributed by atoms with Crippen LogP contribution in [0.1, 0.15) is 9.67 Å². The van der Waals surface area contributed by atoms with Gasteiger partial charge in [-0.05, 0) is 40.2 Å². The predicted octanol–water partition coefficient (Wildman–Crippen LogP) is 2.82. The number of anilines is 2. The molecule has 1 amide bonds. The average Bonchev–Trinajstić information content (AvgIpc) is 2.82. The molecule has 0 unspecified atom stereocenters. The summed E-state index contributed by atoms with van der Waals surface area (Å²) in [7, 11) is 0. The Labute approximate surface area is 127 Å². The molecule has 1 heterocycles. The molecule has 0 fully saturated rings. The van der Waals surface area contributed by atoms with Crippen molar-refractivity contribution in [2.45, 2.75) is 0 Å². The molecule has 0 atom stereocenters. The van der Waals surface area contributed by atoms with Gasteiger partial charge in [-0.1, -0.05) is 12.1 Å². The number of halogens is 1. The second kappa shape index (κ2) is 6.06. The lowest BCUT2D eigenvalue weighted by Crippen LogP contribution is -2.35. The van der Waals surface area contributed by atoms with Crippen LogP contribution in [-0.4, -0.2) is 23.5 Å². The molecule has 3 N–H and O–H groups in total. The summed E-state index contributed by atoms with van der Waals surface area (Å²) in [6.07, 6.45) is 0. The molecule has 0 saturated carbocycles. The summed E-state index contributed by atoms with van der Waals surface area (Å²) in [5.74, 6) is -1.49. The number of nitrogen functional groups attached to an aromatic ring is 1. The first kappa shape index (κ1) is 14.5. The summed E-state index contributed by atoms with van der Waals surface area (Å²) >= 11 is 4.52. The molecule has 1 aromatic heterocycles. The Balaban J connectivity index is 2.40. The maximum absolute atomic E-state index is 12.4. The van der Waals surface area contributed by atoms with Crippen molar-refractivity contribution in [2.24, 2.45) is 0 Å². The van der Waals surface area contributed by atoms with E-state index >= 15 is 0 Å². The van der Waals surface area contributed by atoms with Gasteiger partial charge in [-0.3, -0.25) is 14.5 Å². The number of benzene rings is 1. The first-order valence-electron chi connectivity index (χ1n) is 5.62. The number of carboxylic acid groups (broad SMARTS) is 1. The number of rotatable bonds is 4. The van der Waals surface area contributed by atoms with Gasteiger partial charge in [0.05, 0.1) is 20.0 Å². The number of carboxylic acids is 1. The maximum Gasteiger partial charge on any atom is 0.323 e. The molecular formula is C13H11BrN2O3S. The van der Waals surface area contributed by atoms with Crippen LogP contribution < -0.4 is 10.6 Å². The van der Waals surface area contributed by atoms with Gasteiger partial charge >= 0.3 is 5.97 Å². The summed E-state index contributed by atoms with van der Waals surface area (Å²) in [4.78, 5) is 25.0. The van der Waals surface area contributed by atoms with E-state index in [1.165, 1.54) is 11.3 Å². The van der Waals surface area contributed by atoms with Gasteiger partial charge in [0.2, 0.25) is 0 Å². The fourth-order valence-corrected chi connectivity index (χ4v) is 3.03. The fraction of sp³-hybridized carbons (Fsp3) is 0.0769. The number of carbonyl (C=O) groups excluding carboxylic acids is 1. The average molecular weight is 355 g/mol. The fourth-order valence-electron chi connectivity index (χ4n) is 1.70. The monoisotopic (exact) mass is 354 g/mol. The van der Waals surface area contributed by atoms with Crippen molar-refractivity contribution in [3.05, 3.63) is 45.1 Å². The van der Waals surface area contributed by atoms with Gasteiger partial charge in [-0.25, -0.2) is 0 Å². The molecule has 0 bridgehead atoms. The third-order valence-electron chi connectivity index (χ3n) is 2.55. The topological polar surface area (TPSA) is 83.6 Å². The van der Waals surface area contributed by atoms with E-state index in [2.05, 4.69) is 15.9 Å². The standard InChI is InChI=1S/C13H11BrN2O3S/c14-11-6-5-10(20-11)13(19)16(7-12(17)18)9-4-2-1-3-8(9)15/h1-6H,7,15H2,(H,17,18). The summed E-state index contributed by atoms with van der Waals surface area (Å²) in [6, 6.07) is 10.1. The molecule has 0 aliphatic heterocycles. The Morgan fingerprint density at radius 2 is 1.95 bits per heavy atom. The van der Waals surface area contributed by atoms with Crippen molar-refractivity contribution in [3.63, 3.8) is 0 Å². The van der Waals surface area contributed by atoms with Crippen molar-refractivity contribution in [2.75, 3.05) is 17.2 Å². The largest absolute Gasteiger partial charge is 0.480 e. The van der Waals surface area contributed by atoms with Crippen molar-refractivity contribution in [1.29, 1.82) is 0 Å². The number of hydrogen-bond acceptors (Lipinski definition) is 4. The quantitative estimate of drug-likeness (QED) is 0.826. The van der Waals surface area contributed by atoms with Crippen molar-refractivity contribution in [1.82, 2.24) is 0 Å². The van der Waals surface area contributed by atoms with E-state index in [9.17, 15) is 9.59 Å². The second-order valence-corrected chi connectivity index (χ2v) is 6.41. The van der Waals surface area contributed by atoms with Crippen molar-refractivity contribution >= 4 is 50.5 Å². The summed E-state index contributed by atoms with van der Waals surface area (Å²) in [5, 5.41) is 9.00. The van der Waals surface area contributed by atoms with Gasteiger partial charge in [0, 0.05) is 0 Å². The molecule has 0 aliphatic carbocycles. The lowest BCUT2D eigenvalue weighted by molar-refractivity contribution is -0.135. The number of thiophene rings is 1. The third kappa shape index (κ3) is 3.17. The normalized spacial score (nSPS) is 10.2. The smallest absolute Gasteiger partial charge is 0.323 e. The minimum atomic E-state index is -1.10. The first-order valence-corrected chi connectivity index (χ1v) is 7.23. The van der Waals surface area contributed by atoms with Crippen LogP contribution in [0.25, 0.3) is 0 Å². The molecule has 5 nitrogen and oxygen atoms in total. The van der Waals surface area contributed by atoms with E-state index in [-0.39, 0.29) is 5.91 Å². The number of aliphatic carboxylic acids is 1. The van der Waals surface area contributed by atoms with Crippen molar-refractivity contribution < 1.29 is 14.7 Å². The zero-order chi connectivity index (χ0) is 14.7. The van der Waals surface area contributed by atoms with Gasteiger partial charge in [-0.15, -0.1) is 11.3 Å². The molecule has 0 aliphatic rings. The van der Waals surface area contributed by atoms with E-state index < -0.39 is 12.5 Å². The Bertz CT molecular complexity index is 657. The molecule has 0 spiro atoms. The number of para-hydroxylation sites is 2. The van der Waals surface area contributed by atoms with E-state index in [4.69, 9.17) is 10.8 Å². The number of nitrogens with zero attached hydrogens (tertiary/aromatic N) is 1. The van der Waals surface area contributed by atoms with Gasteiger partial charge in [-0.2, -0.15) is 0 Å². The lowest BCUT2D eigenvalue weighted by atomic mass is 10.2. The van der Waals surface area contributed by atoms with Crippen LogP contribution in [0.4, 0.5) is 11.4 Å². The number of nitrogens with two attached hydrogens (primary N) is 1. The van der Waals surface area contributed by atoms with Gasteiger partial charge in [0.1, 0.15) is 6.54 Å². The highest BCUT2D eigenvalue weighted by Gasteiger charge is 2.23. The SMILES string of the molecule is Nc1ccccc1N(CC(=O)O)C(=O)c1ccc(Br)s1. The number of carbonyl (C=O) groups is 2. The van der Waals surface area contributed by atoms with E-state index in [0.717, 1.165) is 8.69 Å². The molecule has 0 saturated heterocycles. The van der Waals surface area contributed by atoms with Crippen LogP contribution >= 0.6 is 27.3 Å². The highest BCUT2D eigenvalue weighted by Crippen LogP contribution is 2.28. The molecule has 2 aromatic rings.